The van der Waals surface area contributed by atoms with Gasteiger partial charge in [-0.1, -0.05) is 18.3 Å². The van der Waals surface area contributed by atoms with Gasteiger partial charge in [-0.3, -0.25) is 0 Å². The number of nitrogens with two attached hydrogens (primary N) is 1. The van der Waals surface area contributed by atoms with Crippen LogP contribution >= 0.6 is 34.9 Å². The van der Waals surface area contributed by atoms with Crippen LogP contribution in [0.3, 0.4) is 0 Å². The van der Waals surface area contributed by atoms with Crippen molar-refractivity contribution >= 4 is 49.9 Å². The third-order valence-electron chi connectivity index (χ3n) is 2.96. The highest BCUT2D eigenvalue weighted by molar-refractivity contribution is 7.91. The van der Waals surface area contributed by atoms with Crippen molar-refractivity contribution in [1.29, 1.82) is 0 Å². The van der Waals surface area contributed by atoms with Crippen molar-refractivity contribution in [1.82, 2.24) is 4.31 Å². The second-order valence-electron chi connectivity index (χ2n) is 4.20. The molecule has 0 bridgehead atoms. The molecular formula is C12H14N2O2S4. The minimum absolute atomic E-state index is 0.213. The highest BCUT2D eigenvalue weighted by Crippen LogP contribution is 2.31. The standard InChI is InChI=1S/C12H14N2O2S4/c1-8(9-4-3-7-18-9)14(2)20(15,16)11-6-5-10(19-11)12(13)17/h3-8H,1-2H3,(H2,13,17). The van der Waals surface area contributed by atoms with E-state index in [-0.39, 0.29) is 15.2 Å². The van der Waals surface area contributed by atoms with Crippen LogP contribution in [0, 0.1) is 0 Å². The van der Waals surface area contributed by atoms with Gasteiger partial charge in [0.1, 0.15) is 9.20 Å². The first-order chi connectivity index (χ1) is 9.34. The Morgan fingerprint density at radius 1 is 1.40 bits per heavy atom. The number of sulfonamides is 1. The molecule has 0 spiro atoms. The van der Waals surface area contributed by atoms with E-state index in [2.05, 4.69) is 0 Å². The zero-order valence-electron chi connectivity index (χ0n) is 10.9. The number of hydrogen-bond acceptors (Lipinski definition) is 5. The van der Waals surface area contributed by atoms with Crippen LogP contribution in [0.15, 0.2) is 33.9 Å². The second-order valence-corrected chi connectivity index (χ2v) is 8.92. The van der Waals surface area contributed by atoms with Crippen molar-refractivity contribution in [3.8, 4) is 0 Å². The number of hydrogen-bond donors (Lipinski definition) is 1. The quantitative estimate of drug-likeness (QED) is 0.846. The number of nitrogens with zero attached hydrogens (tertiary/aromatic N) is 1. The Kier molecular flexibility index (Phi) is 4.60. The van der Waals surface area contributed by atoms with Crippen molar-refractivity contribution in [3.05, 3.63) is 39.4 Å². The first-order valence-corrected chi connectivity index (χ1v) is 9.29. The first-order valence-electron chi connectivity index (χ1n) is 5.75. The summed E-state index contributed by atoms with van der Waals surface area (Å²) in [6, 6.07) is 6.81. The lowest BCUT2D eigenvalue weighted by molar-refractivity contribution is 0.404. The molecule has 1 unspecified atom stereocenters. The molecule has 0 aliphatic carbocycles. The molecule has 8 heteroatoms. The molecule has 0 saturated heterocycles. The van der Waals surface area contributed by atoms with E-state index in [4.69, 9.17) is 18.0 Å². The van der Waals surface area contributed by atoms with Crippen LogP contribution in [0.4, 0.5) is 0 Å². The SMILES string of the molecule is CC(c1cccs1)N(C)S(=O)(=O)c1ccc(C(N)=S)s1. The lowest BCUT2D eigenvalue weighted by Crippen LogP contribution is -2.28. The molecule has 0 aliphatic rings. The molecule has 2 aromatic rings. The summed E-state index contributed by atoms with van der Waals surface area (Å²) in [6.07, 6.45) is 0. The van der Waals surface area contributed by atoms with Gasteiger partial charge < -0.3 is 5.73 Å². The third kappa shape index (κ3) is 2.94. The molecular weight excluding hydrogens is 332 g/mol. The van der Waals surface area contributed by atoms with Gasteiger partial charge >= 0.3 is 0 Å². The molecule has 4 nitrogen and oxygen atoms in total. The Bertz CT molecular complexity index is 704. The fraction of sp³-hybridized carbons (Fsp3) is 0.250. The van der Waals surface area contributed by atoms with E-state index in [0.717, 1.165) is 16.2 Å². The Labute approximate surface area is 131 Å². The Morgan fingerprint density at radius 2 is 2.10 bits per heavy atom. The fourth-order valence-electron chi connectivity index (χ4n) is 1.65. The summed E-state index contributed by atoms with van der Waals surface area (Å²) < 4.78 is 26.7. The van der Waals surface area contributed by atoms with Crippen LogP contribution in [0.2, 0.25) is 0 Å². The van der Waals surface area contributed by atoms with Crippen LogP contribution in [0.1, 0.15) is 22.7 Å². The van der Waals surface area contributed by atoms with Gasteiger partial charge in [0.05, 0.1) is 10.9 Å². The lowest BCUT2D eigenvalue weighted by atomic mass is 10.3. The molecule has 0 aliphatic heterocycles. The minimum Gasteiger partial charge on any atom is -0.389 e. The maximum absolute atomic E-state index is 12.6. The van der Waals surface area contributed by atoms with E-state index in [1.165, 1.54) is 15.6 Å². The maximum atomic E-state index is 12.6. The summed E-state index contributed by atoms with van der Waals surface area (Å²) in [6.45, 7) is 1.87. The van der Waals surface area contributed by atoms with Gasteiger partial charge in [0.2, 0.25) is 0 Å². The molecule has 2 N–H and O–H groups in total. The van der Waals surface area contributed by atoms with Gasteiger partial charge in [-0.25, -0.2) is 8.42 Å². The molecule has 0 amide bonds. The monoisotopic (exact) mass is 346 g/mol. The second kappa shape index (κ2) is 5.90. The minimum atomic E-state index is -3.53. The van der Waals surface area contributed by atoms with Gasteiger partial charge in [0.15, 0.2) is 0 Å². The first kappa shape index (κ1) is 15.6. The van der Waals surface area contributed by atoms with Crippen molar-refractivity contribution in [3.63, 3.8) is 0 Å². The summed E-state index contributed by atoms with van der Waals surface area (Å²) in [4.78, 5) is 1.82. The van der Waals surface area contributed by atoms with Crippen LogP contribution in [-0.4, -0.2) is 24.8 Å². The average molecular weight is 347 g/mol. The number of rotatable bonds is 5. The normalized spacial score (nSPS) is 13.6. The molecule has 0 radical (unpaired) electrons. The molecule has 2 heterocycles. The predicted molar refractivity (Wildman–Crippen MR) is 87.9 cm³/mol. The van der Waals surface area contributed by atoms with Crippen LogP contribution in [0.5, 0.6) is 0 Å². The Hall–Kier alpha value is -0.800. The van der Waals surface area contributed by atoms with Crippen molar-refractivity contribution < 1.29 is 8.42 Å². The lowest BCUT2D eigenvalue weighted by Gasteiger charge is -2.22. The molecule has 1 atom stereocenters. The summed E-state index contributed by atoms with van der Waals surface area (Å²) in [5.41, 5.74) is 5.52. The van der Waals surface area contributed by atoms with Gasteiger partial charge in [-0.15, -0.1) is 22.7 Å². The smallest absolute Gasteiger partial charge is 0.252 e. The molecule has 0 aromatic carbocycles. The highest BCUT2D eigenvalue weighted by atomic mass is 32.2. The largest absolute Gasteiger partial charge is 0.389 e. The predicted octanol–water partition coefficient (Wildman–Crippen LogP) is 2.83. The van der Waals surface area contributed by atoms with Gasteiger partial charge in [-0.05, 0) is 30.5 Å². The average Bonchev–Trinajstić information content (AvgIpc) is 3.07. The van der Waals surface area contributed by atoms with Gasteiger partial charge in [0.25, 0.3) is 10.0 Å². The van der Waals surface area contributed by atoms with Gasteiger partial charge in [0, 0.05) is 11.9 Å². The van der Waals surface area contributed by atoms with Crippen LogP contribution < -0.4 is 5.73 Å². The van der Waals surface area contributed by atoms with E-state index < -0.39 is 10.0 Å². The fourth-order valence-corrected chi connectivity index (χ4v) is 5.42. The van der Waals surface area contributed by atoms with E-state index in [9.17, 15) is 8.42 Å². The van der Waals surface area contributed by atoms with Gasteiger partial charge in [-0.2, -0.15) is 4.31 Å². The van der Waals surface area contributed by atoms with E-state index in [1.807, 2.05) is 24.4 Å². The summed E-state index contributed by atoms with van der Waals surface area (Å²) in [7, 11) is -1.95. The zero-order chi connectivity index (χ0) is 14.9. The number of thiophene rings is 2. The van der Waals surface area contributed by atoms with Crippen LogP contribution in [-0.2, 0) is 10.0 Å². The summed E-state index contributed by atoms with van der Waals surface area (Å²) in [5, 5.41) is 1.93. The summed E-state index contributed by atoms with van der Waals surface area (Å²) >= 11 is 7.50. The van der Waals surface area contributed by atoms with Crippen LogP contribution in [0.25, 0.3) is 0 Å². The topological polar surface area (TPSA) is 63.4 Å². The van der Waals surface area contributed by atoms with E-state index in [0.29, 0.717) is 4.88 Å². The molecule has 2 aromatic heterocycles. The van der Waals surface area contributed by atoms with E-state index in [1.54, 1.807) is 19.2 Å². The van der Waals surface area contributed by atoms with Crippen molar-refractivity contribution in [2.24, 2.45) is 5.73 Å². The Morgan fingerprint density at radius 3 is 2.60 bits per heavy atom. The molecule has 0 saturated carbocycles. The molecule has 20 heavy (non-hydrogen) atoms. The highest BCUT2D eigenvalue weighted by Gasteiger charge is 2.28. The molecule has 108 valence electrons. The Balaban J connectivity index is 2.31. The third-order valence-corrected chi connectivity index (χ3v) is 7.86. The van der Waals surface area contributed by atoms with Crippen molar-refractivity contribution in [2.45, 2.75) is 17.2 Å². The van der Waals surface area contributed by atoms with E-state index >= 15 is 0 Å². The number of thiocarbonyl (C=S) groups is 1. The molecule has 0 fully saturated rings. The zero-order valence-corrected chi connectivity index (χ0v) is 14.2. The maximum Gasteiger partial charge on any atom is 0.252 e. The van der Waals surface area contributed by atoms with Crippen molar-refractivity contribution in [2.75, 3.05) is 7.05 Å². The molecule has 2 rings (SSSR count). The summed E-state index contributed by atoms with van der Waals surface area (Å²) in [5.74, 6) is 0.